The normalized spacial score (nSPS) is 11.5. The second kappa shape index (κ2) is 6.62. The lowest BCUT2D eigenvalue weighted by Gasteiger charge is -2.10. The van der Waals surface area contributed by atoms with E-state index in [9.17, 15) is 0 Å². The van der Waals surface area contributed by atoms with Crippen molar-refractivity contribution in [2.75, 3.05) is 33.7 Å². The fourth-order valence-electron chi connectivity index (χ4n) is 0.911. The Balaban J connectivity index is 2.91. The summed E-state index contributed by atoms with van der Waals surface area (Å²) >= 11 is 0. The van der Waals surface area contributed by atoms with Gasteiger partial charge in [0.25, 0.3) is 0 Å². The molecule has 0 bridgehead atoms. The Hall–Kier alpha value is -0.0800. The van der Waals surface area contributed by atoms with Gasteiger partial charge in [0, 0.05) is 0 Å². The molecular weight excluding hydrogens is 136 g/mol. The molecule has 0 heterocycles. The first kappa shape index (κ1) is 10.9. The van der Waals surface area contributed by atoms with Gasteiger partial charge in [0.1, 0.15) is 0 Å². The van der Waals surface area contributed by atoms with E-state index in [1.165, 1.54) is 13.0 Å². The summed E-state index contributed by atoms with van der Waals surface area (Å²) in [7, 11) is 4.23. The largest absolute Gasteiger partial charge is 0.316 e. The van der Waals surface area contributed by atoms with Gasteiger partial charge in [-0.15, -0.1) is 0 Å². The van der Waals surface area contributed by atoms with E-state index in [-0.39, 0.29) is 0 Å². The lowest BCUT2D eigenvalue weighted by Crippen LogP contribution is -2.24. The van der Waals surface area contributed by atoms with Crippen molar-refractivity contribution >= 4 is 0 Å². The van der Waals surface area contributed by atoms with Crippen molar-refractivity contribution in [3.05, 3.63) is 0 Å². The fourth-order valence-corrected chi connectivity index (χ4v) is 0.911. The maximum Gasteiger partial charge on any atom is -0.00127 e. The Morgan fingerprint density at radius 1 is 1.27 bits per heavy atom. The van der Waals surface area contributed by atoms with Crippen molar-refractivity contribution in [1.82, 2.24) is 10.2 Å². The van der Waals surface area contributed by atoms with Gasteiger partial charge in [-0.05, 0) is 46.1 Å². The van der Waals surface area contributed by atoms with Crippen molar-refractivity contribution in [3.8, 4) is 0 Å². The predicted octanol–water partition coefficient (Wildman–Crippen LogP) is 1.18. The topological polar surface area (TPSA) is 15.3 Å². The number of nitrogens with one attached hydrogen (secondary N) is 1. The first-order chi connectivity index (χ1) is 5.13. The summed E-state index contributed by atoms with van der Waals surface area (Å²) in [5.74, 6) is 0.773. The van der Waals surface area contributed by atoms with E-state index in [4.69, 9.17) is 0 Å². The van der Waals surface area contributed by atoms with E-state index in [0.717, 1.165) is 19.0 Å². The Labute approximate surface area is 71.0 Å². The van der Waals surface area contributed by atoms with Crippen LogP contribution in [0.1, 0.15) is 20.3 Å². The van der Waals surface area contributed by atoms with Gasteiger partial charge in [0.15, 0.2) is 0 Å². The molecule has 2 heteroatoms. The number of nitrogens with zero attached hydrogens (tertiary/aromatic N) is 1. The van der Waals surface area contributed by atoms with Crippen LogP contribution in [0.3, 0.4) is 0 Å². The van der Waals surface area contributed by atoms with E-state index < -0.39 is 0 Å². The number of rotatable bonds is 6. The molecule has 0 unspecified atom stereocenters. The first-order valence-corrected chi connectivity index (χ1v) is 4.48. The third-order valence-corrected chi connectivity index (χ3v) is 1.51. The van der Waals surface area contributed by atoms with Gasteiger partial charge in [-0.1, -0.05) is 13.8 Å². The molecule has 68 valence electrons. The zero-order chi connectivity index (χ0) is 8.69. The zero-order valence-corrected chi connectivity index (χ0v) is 8.35. The minimum Gasteiger partial charge on any atom is -0.316 e. The van der Waals surface area contributed by atoms with E-state index in [0.29, 0.717) is 0 Å². The van der Waals surface area contributed by atoms with E-state index in [1.54, 1.807) is 0 Å². The molecule has 0 amide bonds. The fraction of sp³-hybridized carbons (Fsp3) is 1.00. The van der Waals surface area contributed by atoms with Crippen LogP contribution in [0.15, 0.2) is 0 Å². The van der Waals surface area contributed by atoms with Crippen molar-refractivity contribution in [2.45, 2.75) is 20.3 Å². The Morgan fingerprint density at radius 2 is 1.91 bits per heavy atom. The van der Waals surface area contributed by atoms with Crippen LogP contribution in [0.4, 0.5) is 0 Å². The lowest BCUT2D eigenvalue weighted by atomic mass is 10.2. The average Bonchev–Trinajstić information content (AvgIpc) is 1.85. The van der Waals surface area contributed by atoms with Gasteiger partial charge in [-0.3, -0.25) is 0 Å². The molecule has 0 atom stereocenters. The van der Waals surface area contributed by atoms with Crippen molar-refractivity contribution in [2.24, 2.45) is 5.92 Å². The van der Waals surface area contributed by atoms with Gasteiger partial charge in [-0.2, -0.15) is 0 Å². The lowest BCUT2D eigenvalue weighted by molar-refractivity contribution is 0.391. The van der Waals surface area contributed by atoms with Crippen molar-refractivity contribution in [3.63, 3.8) is 0 Å². The van der Waals surface area contributed by atoms with Crippen LogP contribution in [0.25, 0.3) is 0 Å². The third-order valence-electron chi connectivity index (χ3n) is 1.51. The highest BCUT2D eigenvalue weighted by Crippen LogP contribution is 1.87. The third kappa shape index (κ3) is 9.92. The minimum atomic E-state index is 0.773. The first-order valence-electron chi connectivity index (χ1n) is 4.48. The zero-order valence-electron chi connectivity index (χ0n) is 8.35. The SMILES string of the molecule is CC(C)CNCCCN(C)C. The molecule has 0 aliphatic rings. The number of hydrogen-bond donors (Lipinski definition) is 1. The van der Waals surface area contributed by atoms with Gasteiger partial charge in [-0.25, -0.2) is 0 Å². The summed E-state index contributed by atoms with van der Waals surface area (Å²) in [6.45, 7) is 7.95. The van der Waals surface area contributed by atoms with Crippen LogP contribution in [0, 0.1) is 5.92 Å². The summed E-state index contributed by atoms with van der Waals surface area (Å²) in [4.78, 5) is 2.22. The van der Waals surface area contributed by atoms with Crippen LogP contribution in [-0.2, 0) is 0 Å². The highest BCUT2D eigenvalue weighted by molar-refractivity contribution is 4.52. The molecule has 0 spiro atoms. The monoisotopic (exact) mass is 158 g/mol. The van der Waals surface area contributed by atoms with Crippen LogP contribution in [-0.4, -0.2) is 38.6 Å². The molecule has 0 rings (SSSR count). The van der Waals surface area contributed by atoms with Gasteiger partial charge in [0.05, 0.1) is 0 Å². The Morgan fingerprint density at radius 3 is 2.36 bits per heavy atom. The van der Waals surface area contributed by atoms with Gasteiger partial charge in [0.2, 0.25) is 0 Å². The average molecular weight is 158 g/mol. The molecule has 1 N–H and O–H groups in total. The quantitative estimate of drug-likeness (QED) is 0.584. The van der Waals surface area contributed by atoms with Crippen molar-refractivity contribution < 1.29 is 0 Å². The summed E-state index contributed by atoms with van der Waals surface area (Å²) < 4.78 is 0. The van der Waals surface area contributed by atoms with E-state index in [1.807, 2.05) is 0 Å². The second-order valence-corrected chi connectivity index (χ2v) is 3.75. The predicted molar refractivity (Wildman–Crippen MR) is 50.9 cm³/mol. The highest BCUT2D eigenvalue weighted by Gasteiger charge is 1.92. The maximum absolute atomic E-state index is 3.41. The van der Waals surface area contributed by atoms with Gasteiger partial charge < -0.3 is 10.2 Å². The molecular formula is C9H22N2. The second-order valence-electron chi connectivity index (χ2n) is 3.75. The van der Waals surface area contributed by atoms with Crippen LogP contribution in [0.2, 0.25) is 0 Å². The summed E-state index contributed by atoms with van der Waals surface area (Å²) in [6.07, 6.45) is 1.25. The van der Waals surface area contributed by atoms with Crippen LogP contribution < -0.4 is 5.32 Å². The molecule has 0 aromatic heterocycles. The molecule has 0 saturated heterocycles. The molecule has 0 aliphatic heterocycles. The molecule has 0 saturated carbocycles. The Kier molecular flexibility index (Phi) is 6.57. The summed E-state index contributed by atoms with van der Waals surface area (Å²) in [6, 6.07) is 0. The molecule has 2 nitrogen and oxygen atoms in total. The molecule has 11 heavy (non-hydrogen) atoms. The molecule has 0 aliphatic carbocycles. The molecule has 0 fully saturated rings. The highest BCUT2D eigenvalue weighted by atomic mass is 15.0. The minimum absolute atomic E-state index is 0.773. The number of hydrogen-bond acceptors (Lipinski definition) is 2. The maximum atomic E-state index is 3.41. The summed E-state index contributed by atoms with van der Waals surface area (Å²) in [5, 5.41) is 3.41. The van der Waals surface area contributed by atoms with Crippen molar-refractivity contribution in [1.29, 1.82) is 0 Å². The smallest absolute Gasteiger partial charge is 0.00127 e. The molecule has 0 aromatic rings. The van der Waals surface area contributed by atoms with Crippen LogP contribution in [0.5, 0.6) is 0 Å². The van der Waals surface area contributed by atoms with Gasteiger partial charge >= 0.3 is 0 Å². The Bertz CT molecular complexity index is 69.6. The van der Waals surface area contributed by atoms with Crippen LogP contribution >= 0.6 is 0 Å². The molecule has 0 aromatic carbocycles. The summed E-state index contributed by atoms with van der Waals surface area (Å²) in [5.41, 5.74) is 0. The van der Waals surface area contributed by atoms with E-state index in [2.05, 4.69) is 38.2 Å². The van der Waals surface area contributed by atoms with E-state index >= 15 is 0 Å². The molecule has 0 radical (unpaired) electrons. The standard InChI is InChI=1S/C9H22N2/c1-9(2)8-10-6-5-7-11(3)4/h9-10H,5-8H2,1-4H3.